The van der Waals surface area contributed by atoms with Gasteiger partial charge < -0.3 is 24.1 Å². The first-order chi connectivity index (χ1) is 12.3. The number of nitrogens with zero attached hydrogens (tertiary/aromatic N) is 2. The Kier molecular flexibility index (Phi) is 4.65. The second-order valence-corrected chi connectivity index (χ2v) is 6.08. The summed E-state index contributed by atoms with van der Waals surface area (Å²) in [5, 5.41) is 12.6. The minimum atomic E-state index is -0.109. The fourth-order valence-corrected chi connectivity index (χ4v) is 3.22. The van der Waals surface area contributed by atoms with Crippen LogP contribution < -0.4 is 5.32 Å². The van der Waals surface area contributed by atoms with Crippen molar-refractivity contribution >= 4 is 0 Å². The molecule has 0 amide bonds. The molecule has 0 spiro atoms. The van der Waals surface area contributed by atoms with Gasteiger partial charge in [-0.1, -0.05) is 18.2 Å². The number of aliphatic hydroxyl groups is 1. The Morgan fingerprint density at radius 1 is 1.16 bits per heavy atom. The van der Waals surface area contributed by atoms with E-state index in [9.17, 15) is 0 Å². The number of rotatable bonds is 6. The Morgan fingerprint density at radius 2 is 2.00 bits per heavy atom. The van der Waals surface area contributed by atoms with Gasteiger partial charge in [-0.3, -0.25) is 0 Å². The average molecular weight is 339 g/mol. The van der Waals surface area contributed by atoms with Crippen LogP contribution >= 0.6 is 0 Å². The van der Waals surface area contributed by atoms with Gasteiger partial charge in [0, 0.05) is 30.7 Å². The zero-order chi connectivity index (χ0) is 17.1. The van der Waals surface area contributed by atoms with Crippen LogP contribution in [0.5, 0.6) is 0 Å². The van der Waals surface area contributed by atoms with Gasteiger partial charge in [0.1, 0.15) is 30.1 Å². The summed E-state index contributed by atoms with van der Waals surface area (Å²) in [6.07, 6.45) is 4.58. The number of benzene rings is 1. The monoisotopic (exact) mass is 339 g/mol. The van der Waals surface area contributed by atoms with Crippen LogP contribution in [-0.2, 0) is 17.9 Å². The first kappa shape index (κ1) is 16.1. The zero-order valence-corrected chi connectivity index (χ0v) is 13.8. The highest BCUT2D eigenvalue weighted by molar-refractivity contribution is 5.33. The predicted molar refractivity (Wildman–Crippen MR) is 92.1 cm³/mol. The van der Waals surface area contributed by atoms with Crippen molar-refractivity contribution in [2.45, 2.75) is 31.7 Å². The Labute approximate surface area is 146 Å². The second-order valence-electron chi connectivity index (χ2n) is 6.08. The molecule has 0 radical (unpaired) electrons. The number of aromatic nitrogens is 2. The highest BCUT2D eigenvalue weighted by Crippen LogP contribution is 2.30. The van der Waals surface area contributed by atoms with Crippen LogP contribution in [0.3, 0.4) is 0 Å². The van der Waals surface area contributed by atoms with Gasteiger partial charge in [-0.25, -0.2) is 4.98 Å². The maximum absolute atomic E-state index is 9.09. The molecule has 3 aromatic rings. The highest BCUT2D eigenvalue weighted by Gasteiger charge is 2.32. The molecule has 0 bridgehead atoms. The first-order valence-electron chi connectivity index (χ1n) is 8.47. The van der Waals surface area contributed by atoms with Gasteiger partial charge in [-0.2, -0.15) is 0 Å². The van der Waals surface area contributed by atoms with Crippen molar-refractivity contribution in [3.8, 4) is 5.69 Å². The normalized spacial score (nSPS) is 20.2. The molecule has 0 unspecified atom stereocenters. The van der Waals surface area contributed by atoms with Crippen LogP contribution in [0.25, 0.3) is 5.69 Å². The van der Waals surface area contributed by atoms with Gasteiger partial charge in [-0.15, -0.1) is 0 Å². The molecule has 1 saturated heterocycles. The second kappa shape index (κ2) is 7.23. The molecule has 2 N–H and O–H groups in total. The SMILES string of the molecule is OCc1ccc(CN[C@H]2CCO[C@@H]2c2nccn2-c2ccccc2)o1. The molecule has 0 saturated carbocycles. The van der Waals surface area contributed by atoms with Gasteiger partial charge in [0.05, 0.1) is 6.54 Å². The molecule has 130 valence electrons. The van der Waals surface area contributed by atoms with Crippen LogP contribution in [0.15, 0.2) is 59.3 Å². The zero-order valence-electron chi connectivity index (χ0n) is 13.8. The molecular formula is C19H21N3O3. The number of nitrogens with one attached hydrogen (secondary N) is 1. The van der Waals surface area contributed by atoms with Gasteiger partial charge in [0.2, 0.25) is 0 Å². The molecule has 6 nitrogen and oxygen atoms in total. The third-order valence-electron chi connectivity index (χ3n) is 4.46. The lowest BCUT2D eigenvalue weighted by Crippen LogP contribution is -2.32. The van der Waals surface area contributed by atoms with Gasteiger partial charge >= 0.3 is 0 Å². The average Bonchev–Trinajstić information content (AvgIpc) is 3.39. The largest absolute Gasteiger partial charge is 0.462 e. The molecule has 1 aromatic carbocycles. The minimum Gasteiger partial charge on any atom is -0.462 e. The van der Waals surface area contributed by atoms with E-state index in [1.807, 2.05) is 30.5 Å². The molecule has 25 heavy (non-hydrogen) atoms. The maximum atomic E-state index is 9.09. The summed E-state index contributed by atoms with van der Waals surface area (Å²) < 4.78 is 13.6. The summed E-state index contributed by atoms with van der Waals surface area (Å²) in [7, 11) is 0. The standard InChI is InChI=1S/C19H21N3O3/c23-13-16-7-6-15(25-16)12-21-17-8-11-24-18(17)19-20-9-10-22(19)14-4-2-1-3-5-14/h1-7,9-10,17-18,21,23H,8,11-13H2/t17-,18-/m0/s1. The number of para-hydroxylation sites is 1. The smallest absolute Gasteiger partial charge is 0.144 e. The molecule has 1 aliphatic heterocycles. The minimum absolute atomic E-state index is 0.0797. The summed E-state index contributed by atoms with van der Waals surface area (Å²) >= 11 is 0. The lowest BCUT2D eigenvalue weighted by Gasteiger charge is -2.20. The lowest BCUT2D eigenvalue weighted by atomic mass is 10.1. The Morgan fingerprint density at radius 3 is 2.80 bits per heavy atom. The summed E-state index contributed by atoms with van der Waals surface area (Å²) in [6.45, 7) is 1.21. The molecule has 1 fully saturated rings. The molecular weight excluding hydrogens is 318 g/mol. The quantitative estimate of drug-likeness (QED) is 0.722. The topological polar surface area (TPSA) is 72.4 Å². The third kappa shape index (κ3) is 3.37. The number of aliphatic hydroxyl groups excluding tert-OH is 1. The van der Waals surface area contributed by atoms with Crippen LogP contribution in [0.1, 0.15) is 29.9 Å². The van der Waals surface area contributed by atoms with E-state index in [0.29, 0.717) is 18.9 Å². The fourth-order valence-electron chi connectivity index (χ4n) is 3.22. The van der Waals surface area contributed by atoms with E-state index in [4.69, 9.17) is 14.3 Å². The van der Waals surface area contributed by atoms with Crippen LogP contribution in [-0.4, -0.2) is 27.3 Å². The van der Waals surface area contributed by atoms with Gasteiger partial charge in [0.15, 0.2) is 0 Å². The molecule has 1 aliphatic rings. The van der Waals surface area contributed by atoms with Crippen molar-refractivity contribution in [2.75, 3.05) is 6.61 Å². The number of furan rings is 1. The van der Waals surface area contributed by atoms with Crippen LogP contribution in [0, 0.1) is 0 Å². The van der Waals surface area contributed by atoms with Gasteiger partial charge in [0.25, 0.3) is 0 Å². The Hall–Kier alpha value is -2.41. The van der Waals surface area contributed by atoms with E-state index in [-0.39, 0.29) is 18.8 Å². The summed E-state index contributed by atoms with van der Waals surface area (Å²) in [5.41, 5.74) is 1.07. The highest BCUT2D eigenvalue weighted by atomic mass is 16.5. The number of imidazole rings is 1. The Bertz CT molecular complexity index is 812. The van der Waals surface area contributed by atoms with Crippen molar-refractivity contribution < 1.29 is 14.3 Å². The lowest BCUT2D eigenvalue weighted by molar-refractivity contribution is 0.0899. The number of hydrogen-bond donors (Lipinski definition) is 2. The maximum Gasteiger partial charge on any atom is 0.144 e. The Balaban J connectivity index is 1.49. The van der Waals surface area contributed by atoms with Crippen molar-refractivity contribution in [1.82, 2.24) is 14.9 Å². The van der Waals surface area contributed by atoms with E-state index in [1.54, 1.807) is 12.3 Å². The molecule has 2 atom stereocenters. The van der Waals surface area contributed by atoms with E-state index in [1.165, 1.54) is 0 Å². The number of ether oxygens (including phenoxy) is 1. The van der Waals surface area contributed by atoms with Crippen molar-refractivity contribution in [3.63, 3.8) is 0 Å². The molecule has 3 heterocycles. The number of hydrogen-bond acceptors (Lipinski definition) is 5. The van der Waals surface area contributed by atoms with Crippen LogP contribution in [0.2, 0.25) is 0 Å². The summed E-state index contributed by atoms with van der Waals surface area (Å²) in [6, 6.07) is 14.0. The van der Waals surface area contributed by atoms with Gasteiger partial charge in [-0.05, 0) is 30.7 Å². The van der Waals surface area contributed by atoms with Crippen LogP contribution in [0.4, 0.5) is 0 Å². The van der Waals surface area contributed by atoms with Crippen molar-refractivity contribution in [3.05, 3.63) is 72.2 Å². The molecule has 6 heteroatoms. The molecule has 0 aliphatic carbocycles. The third-order valence-corrected chi connectivity index (χ3v) is 4.46. The fraction of sp³-hybridized carbons (Fsp3) is 0.316. The van der Waals surface area contributed by atoms with E-state index < -0.39 is 0 Å². The van der Waals surface area contributed by atoms with E-state index in [0.717, 1.165) is 23.7 Å². The first-order valence-corrected chi connectivity index (χ1v) is 8.47. The molecule has 2 aromatic heterocycles. The predicted octanol–water partition coefficient (Wildman–Crippen LogP) is 2.58. The van der Waals surface area contributed by atoms with E-state index in [2.05, 4.69) is 27.0 Å². The molecule has 4 rings (SSSR count). The summed E-state index contributed by atoms with van der Waals surface area (Å²) in [4.78, 5) is 4.54. The van der Waals surface area contributed by atoms with Crippen molar-refractivity contribution in [1.29, 1.82) is 0 Å². The van der Waals surface area contributed by atoms with E-state index >= 15 is 0 Å². The summed E-state index contributed by atoms with van der Waals surface area (Å²) in [5.74, 6) is 2.29. The van der Waals surface area contributed by atoms with Crippen molar-refractivity contribution in [2.24, 2.45) is 0 Å².